The van der Waals surface area contributed by atoms with Gasteiger partial charge in [-0.3, -0.25) is 4.68 Å². The van der Waals surface area contributed by atoms with Gasteiger partial charge in [0, 0.05) is 28.8 Å². The van der Waals surface area contributed by atoms with Crippen LogP contribution in [0.1, 0.15) is 30.7 Å². The van der Waals surface area contributed by atoms with E-state index < -0.39 is 0 Å². The standard InChI is InChI=1S/C16H22BrN3O/c1-11(2)18-8-14-10-20(19-12(14)3)9-13-7-15(21-4)5-6-16(13)17/h5-7,10-11,18H,8-9H2,1-4H3. The van der Waals surface area contributed by atoms with Gasteiger partial charge in [0.15, 0.2) is 0 Å². The molecule has 0 unspecified atom stereocenters. The molecule has 0 aliphatic heterocycles. The maximum Gasteiger partial charge on any atom is 0.119 e. The highest BCUT2D eigenvalue weighted by Crippen LogP contribution is 2.23. The van der Waals surface area contributed by atoms with E-state index in [1.54, 1.807) is 7.11 Å². The monoisotopic (exact) mass is 351 g/mol. The number of nitrogens with zero attached hydrogens (tertiary/aromatic N) is 2. The molecule has 5 heteroatoms. The van der Waals surface area contributed by atoms with Gasteiger partial charge in [-0.15, -0.1) is 0 Å². The van der Waals surface area contributed by atoms with E-state index >= 15 is 0 Å². The molecular weight excluding hydrogens is 330 g/mol. The number of methoxy groups -OCH3 is 1. The lowest BCUT2D eigenvalue weighted by atomic mass is 10.2. The molecular formula is C16H22BrN3O. The van der Waals surface area contributed by atoms with E-state index in [0.717, 1.165) is 34.6 Å². The zero-order valence-electron chi connectivity index (χ0n) is 13.0. The summed E-state index contributed by atoms with van der Waals surface area (Å²) in [7, 11) is 1.68. The van der Waals surface area contributed by atoms with Crippen LogP contribution in [0, 0.1) is 6.92 Å². The minimum Gasteiger partial charge on any atom is -0.497 e. The summed E-state index contributed by atoms with van der Waals surface area (Å²) >= 11 is 3.58. The van der Waals surface area contributed by atoms with Crippen LogP contribution in [0.2, 0.25) is 0 Å². The molecule has 1 aromatic carbocycles. The Hall–Kier alpha value is -1.33. The molecule has 0 spiro atoms. The van der Waals surface area contributed by atoms with Crippen molar-refractivity contribution in [2.24, 2.45) is 0 Å². The Labute approximate surface area is 134 Å². The molecule has 0 atom stereocenters. The average Bonchev–Trinajstić information content (AvgIpc) is 2.79. The molecule has 4 nitrogen and oxygen atoms in total. The Kier molecular flexibility index (Phi) is 5.42. The van der Waals surface area contributed by atoms with Crippen LogP contribution in [0.5, 0.6) is 5.75 Å². The van der Waals surface area contributed by atoms with Crippen molar-refractivity contribution in [1.82, 2.24) is 15.1 Å². The maximum atomic E-state index is 5.28. The fraction of sp³-hybridized carbons (Fsp3) is 0.438. The molecule has 0 aliphatic rings. The number of aryl methyl sites for hydroxylation is 1. The van der Waals surface area contributed by atoms with Gasteiger partial charge in [-0.25, -0.2) is 0 Å². The number of hydrogen-bond donors (Lipinski definition) is 1. The number of benzene rings is 1. The Morgan fingerprint density at radius 3 is 2.76 bits per heavy atom. The summed E-state index contributed by atoms with van der Waals surface area (Å²) in [6.07, 6.45) is 2.11. The Bertz CT molecular complexity index is 608. The number of halogens is 1. The van der Waals surface area contributed by atoms with Gasteiger partial charge < -0.3 is 10.1 Å². The Morgan fingerprint density at radius 2 is 2.10 bits per heavy atom. The Balaban J connectivity index is 2.15. The van der Waals surface area contributed by atoms with E-state index in [2.05, 4.69) is 53.3 Å². The zero-order chi connectivity index (χ0) is 15.4. The second-order valence-electron chi connectivity index (χ2n) is 5.43. The van der Waals surface area contributed by atoms with Gasteiger partial charge in [-0.1, -0.05) is 29.8 Å². The van der Waals surface area contributed by atoms with Crippen LogP contribution in [-0.2, 0) is 13.1 Å². The van der Waals surface area contributed by atoms with Gasteiger partial charge in [0.25, 0.3) is 0 Å². The molecule has 21 heavy (non-hydrogen) atoms. The molecule has 1 heterocycles. The van der Waals surface area contributed by atoms with Gasteiger partial charge >= 0.3 is 0 Å². The van der Waals surface area contributed by atoms with Crippen LogP contribution in [0.15, 0.2) is 28.9 Å². The predicted octanol–water partition coefficient (Wildman–Crippen LogP) is 3.51. The molecule has 1 aromatic heterocycles. The first-order chi connectivity index (χ1) is 9.99. The minimum atomic E-state index is 0.472. The van der Waals surface area contributed by atoms with Crippen LogP contribution in [0.25, 0.3) is 0 Å². The molecule has 0 saturated carbocycles. The van der Waals surface area contributed by atoms with Crippen molar-refractivity contribution in [2.45, 2.75) is 39.9 Å². The molecule has 0 radical (unpaired) electrons. The number of hydrogen-bond acceptors (Lipinski definition) is 3. The van der Waals surface area contributed by atoms with Crippen LogP contribution < -0.4 is 10.1 Å². The molecule has 0 bridgehead atoms. The second kappa shape index (κ2) is 7.09. The van der Waals surface area contributed by atoms with Crippen LogP contribution in [-0.4, -0.2) is 22.9 Å². The molecule has 1 N–H and O–H groups in total. The summed E-state index contributed by atoms with van der Waals surface area (Å²) in [4.78, 5) is 0. The van der Waals surface area contributed by atoms with E-state index in [-0.39, 0.29) is 0 Å². The Morgan fingerprint density at radius 1 is 1.33 bits per heavy atom. The largest absolute Gasteiger partial charge is 0.497 e. The molecule has 114 valence electrons. The highest BCUT2D eigenvalue weighted by atomic mass is 79.9. The summed E-state index contributed by atoms with van der Waals surface area (Å²) in [5.74, 6) is 0.860. The van der Waals surface area contributed by atoms with Crippen molar-refractivity contribution < 1.29 is 4.74 Å². The molecule has 0 amide bonds. The minimum absolute atomic E-state index is 0.472. The average molecular weight is 352 g/mol. The summed E-state index contributed by atoms with van der Waals surface area (Å²) in [5.41, 5.74) is 3.46. The van der Waals surface area contributed by atoms with Crippen molar-refractivity contribution in [3.05, 3.63) is 45.7 Å². The van der Waals surface area contributed by atoms with Crippen molar-refractivity contribution in [1.29, 1.82) is 0 Å². The summed E-state index contributed by atoms with van der Waals surface area (Å²) in [5, 5.41) is 8.02. The van der Waals surface area contributed by atoms with E-state index in [9.17, 15) is 0 Å². The smallest absolute Gasteiger partial charge is 0.119 e. The molecule has 2 rings (SSSR count). The molecule has 0 fully saturated rings. The van der Waals surface area contributed by atoms with Crippen molar-refractivity contribution >= 4 is 15.9 Å². The number of nitrogens with one attached hydrogen (secondary N) is 1. The third kappa shape index (κ3) is 4.32. The van der Waals surface area contributed by atoms with Crippen LogP contribution in [0.4, 0.5) is 0 Å². The van der Waals surface area contributed by atoms with Gasteiger partial charge in [0.2, 0.25) is 0 Å². The molecule has 0 aliphatic carbocycles. The van der Waals surface area contributed by atoms with Gasteiger partial charge in [-0.05, 0) is 30.7 Å². The number of aromatic nitrogens is 2. The summed E-state index contributed by atoms with van der Waals surface area (Å²) in [6, 6.07) is 6.46. The van der Waals surface area contributed by atoms with E-state index in [1.165, 1.54) is 5.56 Å². The van der Waals surface area contributed by atoms with Crippen LogP contribution in [0.3, 0.4) is 0 Å². The first-order valence-electron chi connectivity index (χ1n) is 7.08. The lowest BCUT2D eigenvalue weighted by Gasteiger charge is -2.08. The second-order valence-corrected chi connectivity index (χ2v) is 6.28. The third-order valence-electron chi connectivity index (χ3n) is 3.33. The quantitative estimate of drug-likeness (QED) is 0.865. The fourth-order valence-electron chi connectivity index (χ4n) is 2.10. The third-order valence-corrected chi connectivity index (χ3v) is 4.11. The first kappa shape index (κ1) is 16.0. The summed E-state index contributed by atoms with van der Waals surface area (Å²) < 4.78 is 8.33. The fourth-order valence-corrected chi connectivity index (χ4v) is 2.47. The first-order valence-corrected chi connectivity index (χ1v) is 7.87. The lowest BCUT2D eigenvalue weighted by Crippen LogP contribution is -2.21. The molecule has 2 aromatic rings. The van der Waals surface area contributed by atoms with Crippen LogP contribution >= 0.6 is 15.9 Å². The van der Waals surface area contributed by atoms with Gasteiger partial charge in [0.1, 0.15) is 5.75 Å². The highest BCUT2D eigenvalue weighted by molar-refractivity contribution is 9.10. The SMILES string of the molecule is COc1ccc(Br)c(Cn2cc(CNC(C)C)c(C)n2)c1. The zero-order valence-corrected chi connectivity index (χ0v) is 14.6. The predicted molar refractivity (Wildman–Crippen MR) is 88.7 cm³/mol. The van der Waals surface area contributed by atoms with Crippen molar-refractivity contribution in [2.75, 3.05) is 7.11 Å². The van der Waals surface area contributed by atoms with Crippen molar-refractivity contribution in [3.63, 3.8) is 0 Å². The normalized spacial score (nSPS) is 11.1. The van der Waals surface area contributed by atoms with E-state index in [0.29, 0.717) is 6.04 Å². The summed E-state index contributed by atoms with van der Waals surface area (Å²) in [6.45, 7) is 7.91. The molecule has 0 saturated heterocycles. The van der Waals surface area contributed by atoms with Gasteiger partial charge in [0.05, 0.1) is 19.3 Å². The lowest BCUT2D eigenvalue weighted by molar-refractivity contribution is 0.414. The van der Waals surface area contributed by atoms with Crippen molar-refractivity contribution in [3.8, 4) is 5.75 Å². The highest BCUT2D eigenvalue weighted by Gasteiger charge is 2.08. The van der Waals surface area contributed by atoms with Gasteiger partial charge in [-0.2, -0.15) is 5.10 Å². The topological polar surface area (TPSA) is 39.1 Å². The van der Waals surface area contributed by atoms with E-state index in [1.807, 2.05) is 22.9 Å². The number of ether oxygens (including phenoxy) is 1. The maximum absolute atomic E-state index is 5.28. The number of rotatable bonds is 6. The van der Waals surface area contributed by atoms with E-state index in [4.69, 9.17) is 4.74 Å².